The number of hydrogen-bond acceptors (Lipinski definition) is 3. The summed E-state index contributed by atoms with van der Waals surface area (Å²) in [6.07, 6.45) is 17.1. The summed E-state index contributed by atoms with van der Waals surface area (Å²) in [4.78, 5) is 0. The third kappa shape index (κ3) is 5.70. The van der Waals surface area contributed by atoms with Crippen molar-refractivity contribution in [3.63, 3.8) is 0 Å². The van der Waals surface area contributed by atoms with Gasteiger partial charge in [-0.15, -0.1) is 0 Å². The third-order valence-corrected chi connectivity index (χ3v) is 15.6. The summed E-state index contributed by atoms with van der Waals surface area (Å²) in [6.45, 7) is 18.4. The maximum Gasteiger partial charge on any atom is 0.192 e. The zero-order valence-corrected chi connectivity index (χ0v) is 27.0. The summed E-state index contributed by atoms with van der Waals surface area (Å²) < 4.78 is 12.8. The van der Waals surface area contributed by atoms with Gasteiger partial charge in [0.25, 0.3) is 0 Å². The number of benzene rings is 1. The maximum atomic E-state index is 10.1. The van der Waals surface area contributed by atoms with Crippen LogP contribution in [0.2, 0.25) is 18.1 Å². The van der Waals surface area contributed by atoms with E-state index in [9.17, 15) is 5.11 Å². The van der Waals surface area contributed by atoms with Gasteiger partial charge in [-0.1, -0.05) is 52.3 Å². The Morgan fingerprint density at radius 1 is 1.05 bits per heavy atom. The summed E-state index contributed by atoms with van der Waals surface area (Å²) >= 11 is 0. The Morgan fingerprint density at radius 2 is 1.79 bits per heavy atom. The molecule has 1 N–H and O–H groups in total. The lowest BCUT2D eigenvalue weighted by atomic mass is 9.47. The molecule has 0 spiro atoms. The van der Waals surface area contributed by atoms with Gasteiger partial charge in [-0.25, -0.2) is 0 Å². The van der Waals surface area contributed by atoms with Crippen LogP contribution in [0.25, 0.3) is 0 Å². The molecular formula is C34H56O3Si. The number of methoxy groups -OCH3 is 1. The average molecular weight is 541 g/mol. The van der Waals surface area contributed by atoms with E-state index < -0.39 is 13.9 Å². The van der Waals surface area contributed by atoms with Crippen LogP contribution >= 0.6 is 0 Å². The zero-order valence-electron chi connectivity index (χ0n) is 26.0. The van der Waals surface area contributed by atoms with E-state index in [1.54, 1.807) is 12.7 Å². The summed E-state index contributed by atoms with van der Waals surface area (Å²) in [5.74, 6) is 2.23. The first kappa shape index (κ1) is 29.9. The van der Waals surface area contributed by atoms with Crippen LogP contribution in [0.15, 0.2) is 30.4 Å². The summed E-state index contributed by atoms with van der Waals surface area (Å²) in [7, 11) is -0.0572. The summed E-state index contributed by atoms with van der Waals surface area (Å²) in [6, 6.07) is 6.86. The van der Waals surface area contributed by atoms with Crippen molar-refractivity contribution in [2.24, 2.45) is 16.7 Å². The van der Waals surface area contributed by atoms with Crippen molar-refractivity contribution < 1.29 is 14.3 Å². The second-order valence-corrected chi connectivity index (χ2v) is 20.0. The van der Waals surface area contributed by atoms with E-state index in [0.717, 1.165) is 37.9 Å². The fraction of sp³-hybridized carbons (Fsp3) is 0.765. The monoisotopic (exact) mass is 540 g/mol. The van der Waals surface area contributed by atoms with Crippen molar-refractivity contribution in [3.8, 4) is 5.75 Å². The molecule has 214 valence electrons. The van der Waals surface area contributed by atoms with Crippen LogP contribution in [0.4, 0.5) is 0 Å². The molecule has 0 radical (unpaired) electrons. The van der Waals surface area contributed by atoms with Gasteiger partial charge in [0.15, 0.2) is 8.32 Å². The number of fused-ring (bicyclic) bond motifs is 5. The molecule has 0 heterocycles. The van der Waals surface area contributed by atoms with E-state index in [2.05, 4.69) is 71.1 Å². The van der Waals surface area contributed by atoms with Gasteiger partial charge < -0.3 is 14.3 Å². The highest BCUT2D eigenvalue weighted by atomic mass is 28.4. The average Bonchev–Trinajstić information content (AvgIpc) is 3.15. The number of aliphatic hydroxyl groups is 1. The molecule has 0 aliphatic heterocycles. The second kappa shape index (κ2) is 10.7. The molecule has 5 atom stereocenters. The number of aryl methyl sites for hydroxylation is 1. The smallest absolute Gasteiger partial charge is 0.192 e. The highest BCUT2D eigenvalue weighted by molar-refractivity contribution is 6.74. The van der Waals surface area contributed by atoms with Gasteiger partial charge in [-0.3, -0.25) is 0 Å². The van der Waals surface area contributed by atoms with E-state index in [1.807, 2.05) is 13.8 Å². The molecular weight excluding hydrogens is 484 g/mol. The first-order valence-corrected chi connectivity index (χ1v) is 18.3. The number of hydrogen-bond donors (Lipinski definition) is 1. The van der Waals surface area contributed by atoms with Crippen molar-refractivity contribution in [3.05, 3.63) is 41.5 Å². The molecule has 0 aromatic heterocycles. The van der Waals surface area contributed by atoms with Gasteiger partial charge >= 0.3 is 0 Å². The molecule has 0 amide bonds. The third-order valence-electron chi connectivity index (χ3n) is 11.2. The van der Waals surface area contributed by atoms with Crippen LogP contribution in [0.3, 0.4) is 0 Å². The lowest BCUT2D eigenvalue weighted by molar-refractivity contribution is -0.0482. The van der Waals surface area contributed by atoms with Gasteiger partial charge in [0.1, 0.15) is 5.75 Å². The molecule has 2 fully saturated rings. The second-order valence-electron chi connectivity index (χ2n) is 15.2. The number of unbranched alkanes of at least 4 members (excludes halogenated alkanes) is 2. The van der Waals surface area contributed by atoms with Crippen LogP contribution in [0.5, 0.6) is 5.75 Å². The summed E-state index contributed by atoms with van der Waals surface area (Å²) in [5.41, 5.74) is 2.95. The Bertz CT molecular complexity index is 1000. The molecule has 0 saturated heterocycles. The molecule has 4 rings (SSSR count). The summed E-state index contributed by atoms with van der Waals surface area (Å²) in [5, 5.41) is 10.4. The van der Waals surface area contributed by atoms with Gasteiger partial charge in [-0.2, -0.15) is 0 Å². The lowest BCUT2D eigenvalue weighted by Gasteiger charge is -2.58. The van der Waals surface area contributed by atoms with Gasteiger partial charge in [0.2, 0.25) is 0 Å². The first-order valence-electron chi connectivity index (χ1n) is 15.4. The lowest BCUT2D eigenvalue weighted by Crippen LogP contribution is -2.53. The molecule has 1 unspecified atom stereocenters. The molecule has 1 aromatic carbocycles. The van der Waals surface area contributed by atoms with Gasteiger partial charge in [0, 0.05) is 0 Å². The topological polar surface area (TPSA) is 38.7 Å². The van der Waals surface area contributed by atoms with Crippen LogP contribution in [0, 0.1) is 16.7 Å². The number of rotatable bonds is 9. The Balaban J connectivity index is 1.63. The Labute approximate surface area is 234 Å². The highest BCUT2D eigenvalue weighted by Crippen LogP contribution is 2.68. The zero-order chi connectivity index (χ0) is 28.0. The number of allylic oxidation sites excluding steroid dienone is 2. The van der Waals surface area contributed by atoms with Crippen molar-refractivity contribution in [2.75, 3.05) is 7.11 Å². The van der Waals surface area contributed by atoms with Crippen LogP contribution < -0.4 is 4.74 Å². The van der Waals surface area contributed by atoms with E-state index in [-0.39, 0.29) is 15.9 Å². The van der Waals surface area contributed by atoms with Gasteiger partial charge in [-0.05, 0) is 136 Å². The van der Waals surface area contributed by atoms with Crippen LogP contribution in [-0.4, -0.2) is 32.2 Å². The maximum absolute atomic E-state index is 10.1. The Morgan fingerprint density at radius 3 is 2.45 bits per heavy atom. The minimum atomic E-state index is -1.84. The molecule has 3 aliphatic carbocycles. The fourth-order valence-electron chi connectivity index (χ4n) is 7.96. The molecule has 1 aromatic rings. The molecule has 2 saturated carbocycles. The largest absolute Gasteiger partial charge is 0.497 e. The standard InChI is InChI=1S/C34H56O3Si/c1-31(2,3)38(8,9)37-30-17-16-29-33(30,6)22-19-28-27-15-14-26(36-7)24-25(27)18-23-34(28,29)21-13-11-10-12-20-32(4,5)35/h13-15,21,24,28-30,35H,10-12,16-20,22-23H2,1-9H3/t28-,29-,30+,33+,34?/m1/s1. The normalized spacial score (nSPS) is 31.7. The van der Waals surface area contributed by atoms with Crippen LogP contribution in [0.1, 0.15) is 116 Å². The van der Waals surface area contributed by atoms with E-state index in [1.165, 1.54) is 37.7 Å². The molecule has 38 heavy (non-hydrogen) atoms. The van der Waals surface area contributed by atoms with Crippen LogP contribution in [-0.2, 0) is 10.8 Å². The van der Waals surface area contributed by atoms with Gasteiger partial charge in [0.05, 0.1) is 18.8 Å². The van der Waals surface area contributed by atoms with E-state index >= 15 is 0 Å². The Kier molecular flexibility index (Phi) is 8.42. The molecule has 4 heteroatoms. The van der Waals surface area contributed by atoms with Crippen molar-refractivity contribution in [2.45, 2.75) is 142 Å². The highest BCUT2D eigenvalue weighted by Gasteiger charge is 2.62. The quantitative estimate of drug-likeness (QED) is 0.193. The van der Waals surface area contributed by atoms with Crippen molar-refractivity contribution >= 4 is 8.32 Å². The fourth-order valence-corrected chi connectivity index (χ4v) is 9.41. The minimum Gasteiger partial charge on any atom is -0.497 e. The van der Waals surface area contributed by atoms with E-state index in [0.29, 0.717) is 17.9 Å². The van der Waals surface area contributed by atoms with E-state index in [4.69, 9.17) is 9.16 Å². The molecule has 0 bridgehead atoms. The number of ether oxygens (including phenoxy) is 1. The Hall–Kier alpha value is -1.10. The minimum absolute atomic E-state index is 0.205. The molecule has 3 nitrogen and oxygen atoms in total. The SMILES string of the molecule is COc1ccc2c(c1)CCC1(C=CCCCCC(C)(C)O)[C@@H]2CC[C@]2(C)[C@@H](O[Si](C)(C)C(C)(C)C)CC[C@@H]12. The molecule has 3 aliphatic rings. The van der Waals surface area contributed by atoms with Crippen molar-refractivity contribution in [1.29, 1.82) is 0 Å². The predicted octanol–water partition coefficient (Wildman–Crippen LogP) is 9.20. The first-order chi connectivity index (χ1) is 17.6. The van der Waals surface area contributed by atoms with Crippen molar-refractivity contribution in [1.82, 2.24) is 0 Å². The predicted molar refractivity (Wildman–Crippen MR) is 163 cm³/mol.